The van der Waals surface area contributed by atoms with Gasteiger partial charge in [0.15, 0.2) is 6.61 Å². The van der Waals surface area contributed by atoms with E-state index in [4.69, 9.17) is 32.7 Å². The summed E-state index contributed by atoms with van der Waals surface area (Å²) < 4.78 is 10.5. The first-order valence-electron chi connectivity index (χ1n) is 6.55. The van der Waals surface area contributed by atoms with Gasteiger partial charge in [0.25, 0.3) is 5.91 Å². The van der Waals surface area contributed by atoms with Crippen LogP contribution in [-0.2, 0) is 14.3 Å². The lowest BCUT2D eigenvalue weighted by Crippen LogP contribution is -2.43. The van der Waals surface area contributed by atoms with E-state index in [0.29, 0.717) is 15.8 Å². The predicted molar refractivity (Wildman–Crippen MR) is 80.5 cm³/mol. The second-order valence-electron chi connectivity index (χ2n) is 4.86. The van der Waals surface area contributed by atoms with Crippen LogP contribution in [0, 0.1) is 0 Å². The third-order valence-corrected chi connectivity index (χ3v) is 4.19. The number of ether oxygens (including phenoxy) is 2. The second kappa shape index (κ2) is 7.17. The van der Waals surface area contributed by atoms with Crippen LogP contribution < -0.4 is 4.74 Å². The maximum atomic E-state index is 12.2. The van der Waals surface area contributed by atoms with Gasteiger partial charge < -0.3 is 19.5 Å². The lowest BCUT2D eigenvalue weighted by Gasteiger charge is -2.21. The first-order chi connectivity index (χ1) is 10.4. The van der Waals surface area contributed by atoms with Crippen molar-refractivity contribution in [2.24, 2.45) is 0 Å². The van der Waals surface area contributed by atoms with Gasteiger partial charge in [-0.15, -0.1) is 0 Å². The van der Waals surface area contributed by atoms with Crippen molar-refractivity contribution in [1.82, 2.24) is 4.90 Å². The predicted octanol–water partition coefficient (Wildman–Crippen LogP) is 2.07. The molecule has 1 heterocycles. The van der Waals surface area contributed by atoms with E-state index < -0.39 is 17.9 Å². The smallest absolute Gasteiger partial charge is 0.326 e. The van der Waals surface area contributed by atoms with Crippen molar-refractivity contribution in [2.45, 2.75) is 18.6 Å². The monoisotopic (exact) mass is 347 g/mol. The first-order valence-corrected chi connectivity index (χ1v) is 7.31. The molecule has 0 aromatic heterocycles. The summed E-state index contributed by atoms with van der Waals surface area (Å²) in [5.41, 5.74) is 0. The molecule has 0 spiro atoms. The molecule has 1 aromatic carbocycles. The van der Waals surface area contributed by atoms with Crippen LogP contribution >= 0.6 is 23.2 Å². The van der Waals surface area contributed by atoms with E-state index in [-0.39, 0.29) is 25.7 Å². The van der Waals surface area contributed by atoms with E-state index in [0.717, 1.165) is 0 Å². The number of carboxylic acid groups (broad SMARTS) is 1. The summed E-state index contributed by atoms with van der Waals surface area (Å²) >= 11 is 11.6. The Morgan fingerprint density at radius 1 is 1.36 bits per heavy atom. The number of carboxylic acids is 1. The highest BCUT2D eigenvalue weighted by atomic mass is 35.5. The second-order valence-corrected chi connectivity index (χ2v) is 5.67. The maximum absolute atomic E-state index is 12.2. The van der Waals surface area contributed by atoms with Crippen molar-refractivity contribution in [3.8, 4) is 5.75 Å². The third kappa shape index (κ3) is 3.82. The Balaban J connectivity index is 1.98. The lowest BCUT2D eigenvalue weighted by atomic mass is 10.2. The van der Waals surface area contributed by atoms with E-state index in [1.165, 1.54) is 18.1 Å². The number of methoxy groups -OCH3 is 1. The average molecular weight is 348 g/mol. The van der Waals surface area contributed by atoms with Gasteiger partial charge in [0.05, 0.1) is 16.1 Å². The largest absolute Gasteiger partial charge is 0.484 e. The first kappa shape index (κ1) is 16.9. The van der Waals surface area contributed by atoms with E-state index in [1.54, 1.807) is 12.1 Å². The van der Waals surface area contributed by atoms with E-state index in [2.05, 4.69) is 0 Å². The minimum Gasteiger partial charge on any atom is -0.484 e. The molecule has 2 rings (SSSR count). The number of nitrogens with zero attached hydrogens (tertiary/aromatic N) is 1. The number of carbonyl (C=O) groups is 2. The van der Waals surface area contributed by atoms with Gasteiger partial charge in [-0.3, -0.25) is 4.79 Å². The number of halogens is 2. The highest BCUT2D eigenvalue weighted by Gasteiger charge is 2.39. The van der Waals surface area contributed by atoms with Crippen LogP contribution in [0.1, 0.15) is 6.42 Å². The Hall–Kier alpha value is -1.50. The van der Waals surface area contributed by atoms with Gasteiger partial charge in [-0.05, 0) is 12.1 Å². The molecule has 2 atom stereocenters. The fraction of sp³-hybridized carbons (Fsp3) is 0.429. The summed E-state index contributed by atoms with van der Waals surface area (Å²) in [5.74, 6) is -1.09. The zero-order valence-corrected chi connectivity index (χ0v) is 13.3. The summed E-state index contributed by atoms with van der Waals surface area (Å²) in [6, 6.07) is 3.74. The summed E-state index contributed by atoms with van der Waals surface area (Å²) in [5, 5.41) is 9.87. The van der Waals surface area contributed by atoms with Crippen molar-refractivity contribution >= 4 is 35.1 Å². The molecule has 6 nitrogen and oxygen atoms in total. The fourth-order valence-electron chi connectivity index (χ4n) is 2.27. The van der Waals surface area contributed by atoms with Crippen molar-refractivity contribution in [1.29, 1.82) is 0 Å². The molecular weight excluding hydrogens is 333 g/mol. The van der Waals surface area contributed by atoms with Crippen molar-refractivity contribution in [3.63, 3.8) is 0 Å². The molecule has 1 aliphatic heterocycles. The molecule has 0 aliphatic carbocycles. The van der Waals surface area contributed by atoms with Crippen LogP contribution in [0.15, 0.2) is 18.2 Å². The number of carbonyl (C=O) groups excluding carboxylic acids is 1. The summed E-state index contributed by atoms with van der Waals surface area (Å²) in [6.45, 7) is -0.0464. The zero-order valence-electron chi connectivity index (χ0n) is 11.8. The van der Waals surface area contributed by atoms with Gasteiger partial charge >= 0.3 is 5.97 Å². The molecule has 1 aliphatic rings. The molecule has 120 valence electrons. The molecule has 1 fully saturated rings. The van der Waals surface area contributed by atoms with Crippen LogP contribution in [0.25, 0.3) is 0 Å². The Morgan fingerprint density at radius 2 is 2.09 bits per heavy atom. The van der Waals surface area contributed by atoms with Crippen LogP contribution in [0.4, 0.5) is 0 Å². The zero-order chi connectivity index (χ0) is 16.3. The molecule has 0 bridgehead atoms. The van der Waals surface area contributed by atoms with Crippen LogP contribution in [0.5, 0.6) is 5.75 Å². The number of aliphatic carboxylic acids is 1. The van der Waals surface area contributed by atoms with E-state index >= 15 is 0 Å². The fourth-order valence-corrected chi connectivity index (χ4v) is 2.56. The number of rotatable bonds is 5. The molecule has 0 radical (unpaired) electrons. The molecule has 0 saturated carbocycles. The minimum absolute atomic E-state index is 0.233. The number of hydrogen-bond donors (Lipinski definition) is 1. The van der Waals surface area contributed by atoms with Crippen molar-refractivity contribution < 1.29 is 24.2 Å². The molecule has 1 N–H and O–H groups in total. The summed E-state index contributed by atoms with van der Waals surface area (Å²) in [7, 11) is 1.49. The Kier molecular flexibility index (Phi) is 5.50. The molecule has 22 heavy (non-hydrogen) atoms. The quantitative estimate of drug-likeness (QED) is 0.882. The molecule has 2 unspecified atom stereocenters. The SMILES string of the molecule is COC1CC(C(=O)O)N(C(=O)COc2ccc(Cl)c(Cl)c2)C1. The van der Waals surface area contributed by atoms with Crippen molar-refractivity contribution in [3.05, 3.63) is 28.2 Å². The van der Waals surface area contributed by atoms with Gasteiger partial charge in [-0.25, -0.2) is 4.79 Å². The van der Waals surface area contributed by atoms with Gasteiger partial charge in [-0.2, -0.15) is 0 Å². The summed E-state index contributed by atoms with van der Waals surface area (Å²) in [6.07, 6.45) is -0.0142. The molecule has 1 saturated heterocycles. The molecule has 1 aromatic rings. The van der Waals surface area contributed by atoms with E-state index in [9.17, 15) is 14.7 Å². The van der Waals surface area contributed by atoms with Crippen molar-refractivity contribution in [2.75, 3.05) is 20.3 Å². The topological polar surface area (TPSA) is 76.1 Å². The Labute approximate surface area is 137 Å². The number of hydrogen-bond acceptors (Lipinski definition) is 4. The van der Waals surface area contributed by atoms with Gasteiger partial charge in [0.1, 0.15) is 11.8 Å². The number of likely N-dealkylation sites (tertiary alicyclic amines) is 1. The third-order valence-electron chi connectivity index (χ3n) is 3.45. The average Bonchev–Trinajstić information content (AvgIpc) is 2.93. The molecule has 1 amide bonds. The minimum atomic E-state index is -1.05. The number of amides is 1. The van der Waals surface area contributed by atoms with Gasteiger partial charge in [-0.1, -0.05) is 23.2 Å². The number of benzene rings is 1. The normalized spacial score (nSPS) is 21.0. The highest BCUT2D eigenvalue weighted by Crippen LogP contribution is 2.26. The van der Waals surface area contributed by atoms with Crippen LogP contribution in [0.2, 0.25) is 10.0 Å². The Morgan fingerprint density at radius 3 is 2.68 bits per heavy atom. The standard InChI is InChI=1S/C14H15Cl2NO5/c1-21-9-5-12(14(19)20)17(6-9)13(18)7-22-8-2-3-10(15)11(16)4-8/h2-4,9,12H,5-7H2,1H3,(H,19,20). The van der Waals surface area contributed by atoms with Gasteiger partial charge in [0, 0.05) is 26.1 Å². The Bertz CT molecular complexity index is 580. The lowest BCUT2D eigenvalue weighted by molar-refractivity contribution is -0.148. The van der Waals surface area contributed by atoms with Crippen LogP contribution in [0.3, 0.4) is 0 Å². The highest BCUT2D eigenvalue weighted by molar-refractivity contribution is 6.42. The van der Waals surface area contributed by atoms with Crippen LogP contribution in [-0.4, -0.2) is 54.3 Å². The molecular formula is C14H15Cl2NO5. The molecule has 8 heteroatoms. The van der Waals surface area contributed by atoms with Gasteiger partial charge in [0.2, 0.25) is 0 Å². The summed E-state index contributed by atoms with van der Waals surface area (Å²) in [4.78, 5) is 24.6. The van der Waals surface area contributed by atoms with E-state index in [1.807, 2.05) is 0 Å². The maximum Gasteiger partial charge on any atom is 0.326 e.